The summed E-state index contributed by atoms with van der Waals surface area (Å²) in [6.45, 7) is 0. The van der Waals surface area contributed by atoms with Crippen LogP contribution in [0.25, 0.3) is 0 Å². The Bertz CT molecular complexity index is 281. The van der Waals surface area contributed by atoms with Gasteiger partial charge in [0.25, 0.3) is 0 Å². The molecule has 72 valence electrons. The van der Waals surface area contributed by atoms with E-state index in [0.29, 0.717) is 5.92 Å². The second kappa shape index (κ2) is 3.41. The average Bonchev–Trinajstić information content (AvgIpc) is 2.87. The van der Waals surface area contributed by atoms with Gasteiger partial charge in [-0.1, -0.05) is 0 Å². The number of hydrogen-bond acceptors (Lipinski definition) is 4. The maximum Gasteiger partial charge on any atom is 0.174 e. The third-order valence-corrected chi connectivity index (χ3v) is 2.38. The predicted octanol–water partition coefficient (Wildman–Crippen LogP) is -0.0864. The summed E-state index contributed by atoms with van der Waals surface area (Å²) in [4.78, 5) is 1.44. The molecule has 5 heteroatoms. The minimum atomic E-state index is -0.163. The van der Waals surface area contributed by atoms with E-state index in [9.17, 15) is 5.11 Å². The van der Waals surface area contributed by atoms with Gasteiger partial charge in [0.2, 0.25) is 0 Å². The molecule has 0 saturated heterocycles. The first-order valence-electron chi connectivity index (χ1n) is 4.66. The van der Waals surface area contributed by atoms with E-state index in [1.165, 1.54) is 17.6 Å². The molecular weight excluding hydrogens is 168 g/mol. The molecule has 0 amide bonds. The van der Waals surface area contributed by atoms with Gasteiger partial charge in [0.1, 0.15) is 0 Å². The second-order valence-electron chi connectivity index (χ2n) is 3.64. The zero-order valence-electron chi connectivity index (χ0n) is 7.72. The minimum Gasteiger partial charge on any atom is -0.393 e. The summed E-state index contributed by atoms with van der Waals surface area (Å²) in [5, 5.41) is 21.2. The zero-order chi connectivity index (χ0) is 9.26. The number of tetrazole rings is 1. The Morgan fingerprint density at radius 3 is 2.92 bits per heavy atom. The molecule has 1 aromatic heterocycles. The van der Waals surface area contributed by atoms with Crippen molar-refractivity contribution >= 4 is 0 Å². The van der Waals surface area contributed by atoms with Gasteiger partial charge in [-0.2, -0.15) is 4.80 Å². The highest BCUT2D eigenvalue weighted by Crippen LogP contribution is 2.34. The predicted molar refractivity (Wildman–Crippen MR) is 45.8 cm³/mol. The fraction of sp³-hybridized carbons (Fsp3) is 0.875. The third kappa shape index (κ3) is 2.24. The molecule has 0 radical (unpaired) electrons. The summed E-state index contributed by atoms with van der Waals surface area (Å²) in [6, 6.07) is 0. The van der Waals surface area contributed by atoms with E-state index in [1.54, 1.807) is 7.05 Å². The van der Waals surface area contributed by atoms with Gasteiger partial charge in [-0.15, -0.1) is 10.2 Å². The molecule has 1 unspecified atom stereocenters. The lowest BCUT2D eigenvalue weighted by atomic mass is 10.1. The SMILES string of the molecule is Cn1nnc(CCC(O)C2CC2)n1. The Labute approximate surface area is 76.8 Å². The summed E-state index contributed by atoms with van der Waals surface area (Å²) in [5.41, 5.74) is 0. The molecule has 1 atom stereocenters. The van der Waals surface area contributed by atoms with E-state index in [1.807, 2.05) is 0 Å². The quantitative estimate of drug-likeness (QED) is 0.707. The fourth-order valence-electron chi connectivity index (χ4n) is 1.42. The van der Waals surface area contributed by atoms with E-state index < -0.39 is 0 Å². The van der Waals surface area contributed by atoms with E-state index in [2.05, 4.69) is 15.4 Å². The van der Waals surface area contributed by atoms with Crippen LogP contribution in [0.5, 0.6) is 0 Å². The van der Waals surface area contributed by atoms with Crippen LogP contribution in [0.2, 0.25) is 0 Å². The molecule has 0 bridgehead atoms. The van der Waals surface area contributed by atoms with Crippen molar-refractivity contribution in [3.8, 4) is 0 Å². The standard InChI is InChI=1S/C8H14N4O/c1-12-10-8(9-11-12)5-4-7(13)6-2-3-6/h6-7,13H,2-5H2,1H3. The van der Waals surface area contributed by atoms with Crippen molar-refractivity contribution in [2.24, 2.45) is 13.0 Å². The molecule has 13 heavy (non-hydrogen) atoms. The van der Waals surface area contributed by atoms with Gasteiger partial charge in [-0.25, -0.2) is 0 Å². The van der Waals surface area contributed by atoms with Crippen molar-refractivity contribution in [2.45, 2.75) is 31.8 Å². The van der Waals surface area contributed by atoms with Crippen molar-refractivity contribution in [1.29, 1.82) is 0 Å². The highest BCUT2D eigenvalue weighted by molar-refractivity contribution is 4.85. The van der Waals surface area contributed by atoms with Gasteiger partial charge in [0.15, 0.2) is 5.82 Å². The van der Waals surface area contributed by atoms with Crippen LogP contribution in [0, 0.1) is 5.92 Å². The lowest BCUT2D eigenvalue weighted by Crippen LogP contribution is -2.10. The summed E-state index contributed by atoms with van der Waals surface area (Å²) in [5.74, 6) is 1.26. The number of aliphatic hydroxyl groups excluding tert-OH is 1. The minimum absolute atomic E-state index is 0.163. The second-order valence-corrected chi connectivity index (χ2v) is 3.64. The molecule has 1 heterocycles. The van der Waals surface area contributed by atoms with Gasteiger partial charge in [0, 0.05) is 6.42 Å². The Hall–Kier alpha value is -0.970. The molecule has 1 saturated carbocycles. The summed E-state index contributed by atoms with van der Waals surface area (Å²) < 4.78 is 0. The first-order valence-corrected chi connectivity index (χ1v) is 4.66. The van der Waals surface area contributed by atoms with Gasteiger partial charge >= 0.3 is 0 Å². The Morgan fingerprint density at radius 2 is 2.38 bits per heavy atom. The number of nitrogens with zero attached hydrogens (tertiary/aromatic N) is 4. The molecule has 0 aromatic carbocycles. The van der Waals surface area contributed by atoms with Crippen molar-refractivity contribution in [3.63, 3.8) is 0 Å². The molecule has 1 N–H and O–H groups in total. The van der Waals surface area contributed by atoms with Crippen molar-refractivity contribution in [2.75, 3.05) is 0 Å². The van der Waals surface area contributed by atoms with Crippen LogP contribution < -0.4 is 0 Å². The van der Waals surface area contributed by atoms with Crippen LogP contribution >= 0.6 is 0 Å². The molecule has 1 aliphatic carbocycles. The number of aliphatic hydroxyl groups is 1. The van der Waals surface area contributed by atoms with Crippen molar-refractivity contribution in [1.82, 2.24) is 20.2 Å². The topological polar surface area (TPSA) is 63.8 Å². The molecule has 0 aliphatic heterocycles. The van der Waals surface area contributed by atoms with Crippen LogP contribution in [0.15, 0.2) is 0 Å². The van der Waals surface area contributed by atoms with Gasteiger partial charge in [-0.3, -0.25) is 0 Å². The van der Waals surface area contributed by atoms with Crippen molar-refractivity contribution < 1.29 is 5.11 Å². The van der Waals surface area contributed by atoms with E-state index in [4.69, 9.17) is 0 Å². The van der Waals surface area contributed by atoms with Crippen LogP contribution in [-0.2, 0) is 13.5 Å². The number of hydrogen-bond donors (Lipinski definition) is 1. The largest absolute Gasteiger partial charge is 0.393 e. The van der Waals surface area contributed by atoms with Crippen LogP contribution in [0.3, 0.4) is 0 Å². The third-order valence-electron chi connectivity index (χ3n) is 2.38. The van der Waals surface area contributed by atoms with E-state index >= 15 is 0 Å². The highest BCUT2D eigenvalue weighted by Gasteiger charge is 2.29. The fourth-order valence-corrected chi connectivity index (χ4v) is 1.42. The summed E-state index contributed by atoms with van der Waals surface area (Å²) in [7, 11) is 1.74. The van der Waals surface area contributed by atoms with E-state index in [0.717, 1.165) is 18.7 Å². The Morgan fingerprint density at radius 1 is 1.62 bits per heavy atom. The lowest BCUT2D eigenvalue weighted by molar-refractivity contribution is 0.141. The van der Waals surface area contributed by atoms with E-state index in [-0.39, 0.29) is 6.10 Å². The molecule has 0 spiro atoms. The normalized spacial score (nSPS) is 18.9. The number of aryl methyl sites for hydroxylation is 2. The number of rotatable bonds is 4. The van der Waals surface area contributed by atoms with Gasteiger partial charge < -0.3 is 5.11 Å². The highest BCUT2D eigenvalue weighted by atomic mass is 16.3. The maximum atomic E-state index is 9.57. The Kier molecular flexibility index (Phi) is 2.26. The molecule has 5 nitrogen and oxygen atoms in total. The van der Waals surface area contributed by atoms with Crippen LogP contribution in [-0.4, -0.2) is 31.4 Å². The summed E-state index contributed by atoms with van der Waals surface area (Å²) in [6.07, 6.45) is 3.68. The number of aromatic nitrogens is 4. The van der Waals surface area contributed by atoms with Crippen molar-refractivity contribution in [3.05, 3.63) is 5.82 Å². The molecular formula is C8H14N4O. The molecule has 1 fully saturated rings. The van der Waals surface area contributed by atoms with Crippen LogP contribution in [0.4, 0.5) is 0 Å². The maximum absolute atomic E-state index is 9.57. The first kappa shape index (κ1) is 8.62. The monoisotopic (exact) mass is 182 g/mol. The molecule has 1 aliphatic rings. The smallest absolute Gasteiger partial charge is 0.174 e. The summed E-state index contributed by atoms with van der Waals surface area (Å²) >= 11 is 0. The first-order chi connectivity index (χ1) is 6.25. The van der Waals surface area contributed by atoms with Crippen LogP contribution in [0.1, 0.15) is 25.1 Å². The molecule has 2 rings (SSSR count). The van der Waals surface area contributed by atoms with Gasteiger partial charge in [0.05, 0.1) is 13.2 Å². The Balaban J connectivity index is 1.78. The average molecular weight is 182 g/mol. The zero-order valence-corrected chi connectivity index (χ0v) is 7.72. The molecule has 1 aromatic rings. The van der Waals surface area contributed by atoms with Gasteiger partial charge in [-0.05, 0) is 30.4 Å². The lowest BCUT2D eigenvalue weighted by Gasteiger charge is -2.05.